The van der Waals surface area contributed by atoms with Crippen molar-refractivity contribution in [3.8, 4) is 17.5 Å². The van der Waals surface area contributed by atoms with Crippen LogP contribution in [0.25, 0.3) is 10.9 Å². The smallest absolute Gasteiger partial charge is 0.217 e. The van der Waals surface area contributed by atoms with Gasteiger partial charge < -0.3 is 19.3 Å². The molecule has 1 N–H and O–H groups in total. The first kappa shape index (κ1) is 26.0. The fourth-order valence-electron chi connectivity index (χ4n) is 5.61. The molecular weight excluding hydrogens is 451 g/mol. The standard InChI is InChI=1S/C29H37BN2O4/c1-5-13-29(33,26-17-22(34-2)18-27(32-26)35-3)24(14-19-9-7-6-8-10-19)23-16-20-15-21(30)11-12-25(20)31-28(23)36-4/h5,11-12,15-19,24,33H,1,6-10,13-14,30H2,2-4H3. The maximum atomic E-state index is 12.6. The average Bonchev–Trinajstić information content (AvgIpc) is 2.91. The Morgan fingerprint density at radius 2 is 1.83 bits per heavy atom. The molecule has 1 aromatic carbocycles. The summed E-state index contributed by atoms with van der Waals surface area (Å²) < 4.78 is 16.8. The zero-order chi connectivity index (χ0) is 25.7. The lowest BCUT2D eigenvalue weighted by Crippen LogP contribution is -2.36. The average molecular weight is 488 g/mol. The summed E-state index contributed by atoms with van der Waals surface area (Å²) in [6.07, 6.45) is 8.86. The first-order valence-electron chi connectivity index (χ1n) is 12.8. The van der Waals surface area contributed by atoms with E-state index in [-0.39, 0.29) is 5.92 Å². The van der Waals surface area contributed by atoms with E-state index in [9.17, 15) is 5.11 Å². The van der Waals surface area contributed by atoms with Gasteiger partial charge in [-0.3, -0.25) is 0 Å². The monoisotopic (exact) mass is 488 g/mol. The van der Waals surface area contributed by atoms with Crippen molar-refractivity contribution in [3.05, 3.63) is 60.3 Å². The molecule has 190 valence electrons. The zero-order valence-electron chi connectivity index (χ0n) is 21.9. The molecule has 0 bridgehead atoms. The maximum absolute atomic E-state index is 12.6. The molecular formula is C29H37BN2O4. The molecule has 2 heterocycles. The van der Waals surface area contributed by atoms with Crippen molar-refractivity contribution in [2.75, 3.05) is 21.3 Å². The van der Waals surface area contributed by atoms with E-state index in [4.69, 9.17) is 24.2 Å². The van der Waals surface area contributed by atoms with Gasteiger partial charge in [0.05, 0.1) is 32.5 Å². The van der Waals surface area contributed by atoms with Crippen LogP contribution in [0.5, 0.6) is 17.5 Å². The van der Waals surface area contributed by atoms with Crippen molar-refractivity contribution >= 4 is 24.2 Å². The second-order valence-corrected chi connectivity index (χ2v) is 9.93. The highest BCUT2D eigenvalue weighted by atomic mass is 16.5. The molecule has 0 saturated heterocycles. The second kappa shape index (κ2) is 11.3. The number of aliphatic hydroxyl groups is 1. The largest absolute Gasteiger partial charge is 0.496 e. The normalized spacial score (nSPS) is 16.8. The van der Waals surface area contributed by atoms with Crippen LogP contribution in [0, 0.1) is 5.92 Å². The molecule has 0 aliphatic heterocycles. The number of benzene rings is 1. The van der Waals surface area contributed by atoms with Gasteiger partial charge >= 0.3 is 0 Å². The van der Waals surface area contributed by atoms with Gasteiger partial charge in [0.25, 0.3) is 0 Å². The molecule has 2 unspecified atom stereocenters. The van der Waals surface area contributed by atoms with Gasteiger partial charge in [-0.25, -0.2) is 9.97 Å². The Balaban J connectivity index is 1.94. The summed E-state index contributed by atoms with van der Waals surface area (Å²) in [6.45, 7) is 3.99. The van der Waals surface area contributed by atoms with Gasteiger partial charge in [-0.2, -0.15) is 0 Å². The molecule has 0 amide bonds. The summed E-state index contributed by atoms with van der Waals surface area (Å²) >= 11 is 0. The summed E-state index contributed by atoms with van der Waals surface area (Å²) in [7, 11) is 6.88. The van der Waals surface area contributed by atoms with Crippen LogP contribution < -0.4 is 19.7 Å². The number of methoxy groups -OCH3 is 3. The van der Waals surface area contributed by atoms with Crippen LogP contribution in [0.15, 0.2) is 49.1 Å². The predicted octanol–water partition coefficient (Wildman–Crippen LogP) is 4.43. The Hall–Kier alpha value is -3.06. The summed E-state index contributed by atoms with van der Waals surface area (Å²) in [6, 6.07) is 11.8. The van der Waals surface area contributed by atoms with Crippen molar-refractivity contribution in [2.24, 2.45) is 5.92 Å². The molecule has 0 spiro atoms. The van der Waals surface area contributed by atoms with Crippen molar-refractivity contribution in [2.45, 2.75) is 56.5 Å². The molecule has 1 aliphatic carbocycles. The molecule has 36 heavy (non-hydrogen) atoms. The molecule has 1 saturated carbocycles. The number of ether oxygens (including phenoxy) is 3. The van der Waals surface area contributed by atoms with Crippen LogP contribution in [0.3, 0.4) is 0 Å². The van der Waals surface area contributed by atoms with Crippen LogP contribution in [-0.2, 0) is 5.60 Å². The zero-order valence-corrected chi connectivity index (χ0v) is 21.9. The van der Waals surface area contributed by atoms with Gasteiger partial charge in [0, 0.05) is 35.4 Å². The fourth-order valence-corrected chi connectivity index (χ4v) is 5.61. The van der Waals surface area contributed by atoms with Gasteiger partial charge in [0.15, 0.2) is 0 Å². The molecule has 0 radical (unpaired) electrons. The van der Waals surface area contributed by atoms with Crippen LogP contribution in [0.2, 0.25) is 0 Å². The lowest BCUT2D eigenvalue weighted by atomic mass is 9.70. The van der Waals surface area contributed by atoms with Crippen LogP contribution in [-0.4, -0.2) is 44.3 Å². The number of hydrogen-bond acceptors (Lipinski definition) is 6. The highest BCUT2D eigenvalue weighted by Crippen LogP contribution is 2.48. The molecule has 2 aromatic heterocycles. The summed E-state index contributed by atoms with van der Waals surface area (Å²) in [4.78, 5) is 9.56. The number of pyridine rings is 2. The third kappa shape index (κ3) is 5.36. The Kier molecular flexibility index (Phi) is 8.19. The SMILES string of the molecule is Bc1ccc2nc(OC)c(C(CC3CCCCC3)C(O)(CC=C)c3cc(OC)cc(OC)n3)cc2c1. The highest BCUT2D eigenvalue weighted by Gasteiger charge is 2.43. The topological polar surface area (TPSA) is 73.7 Å². The fraction of sp³-hybridized carbons (Fsp3) is 0.448. The van der Waals surface area contributed by atoms with Crippen molar-refractivity contribution in [1.29, 1.82) is 0 Å². The van der Waals surface area contributed by atoms with Crippen molar-refractivity contribution < 1.29 is 19.3 Å². The van der Waals surface area contributed by atoms with Crippen LogP contribution in [0.4, 0.5) is 0 Å². The van der Waals surface area contributed by atoms with E-state index in [0.29, 0.717) is 35.5 Å². The first-order chi connectivity index (χ1) is 17.4. The van der Waals surface area contributed by atoms with E-state index in [1.54, 1.807) is 39.5 Å². The van der Waals surface area contributed by atoms with E-state index in [0.717, 1.165) is 41.2 Å². The Labute approximate surface area is 215 Å². The van der Waals surface area contributed by atoms with Crippen molar-refractivity contribution in [1.82, 2.24) is 9.97 Å². The van der Waals surface area contributed by atoms with Gasteiger partial charge in [-0.15, -0.1) is 6.58 Å². The summed E-state index contributed by atoms with van der Waals surface area (Å²) in [5.74, 6) is 1.67. The molecule has 1 aliphatic rings. The van der Waals surface area contributed by atoms with E-state index in [1.807, 2.05) is 6.07 Å². The van der Waals surface area contributed by atoms with Gasteiger partial charge in [0.1, 0.15) is 19.2 Å². The maximum Gasteiger partial charge on any atom is 0.217 e. The van der Waals surface area contributed by atoms with Gasteiger partial charge in [0.2, 0.25) is 11.8 Å². The molecule has 4 rings (SSSR count). The summed E-state index contributed by atoms with van der Waals surface area (Å²) in [5.41, 5.74) is 2.03. The number of aromatic nitrogens is 2. The predicted molar refractivity (Wildman–Crippen MR) is 146 cm³/mol. The minimum atomic E-state index is -1.37. The minimum absolute atomic E-state index is 0.308. The minimum Gasteiger partial charge on any atom is -0.496 e. The van der Waals surface area contributed by atoms with Crippen molar-refractivity contribution in [3.63, 3.8) is 0 Å². The molecule has 3 aromatic rings. The Morgan fingerprint density at radius 1 is 1.06 bits per heavy atom. The third-order valence-electron chi connectivity index (χ3n) is 7.52. The number of fused-ring (bicyclic) bond motifs is 1. The lowest BCUT2D eigenvalue weighted by Gasteiger charge is -2.39. The third-order valence-corrected chi connectivity index (χ3v) is 7.52. The molecule has 7 heteroatoms. The highest BCUT2D eigenvalue weighted by molar-refractivity contribution is 6.33. The molecule has 6 nitrogen and oxygen atoms in total. The van der Waals surface area contributed by atoms with E-state index < -0.39 is 5.60 Å². The number of hydrogen-bond donors (Lipinski definition) is 1. The van der Waals surface area contributed by atoms with Gasteiger partial charge in [-0.05, 0) is 24.5 Å². The van der Waals surface area contributed by atoms with E-state index in [2.05, 4.69) is 32.6 Å². The first-order valence-corrected chi connectivity index (χ1v) is 12.8. The van der Waals surface area contributed by atoms with Crippen LogP contribution >= 0.6 is 0 Å². The quantitative estimate of drug-likeness (QED) is 0.336. The lowest BCUT2D eigenvalue weighted by molar-refractivity contribution is -0.00567. The van der Waals surface area contributed by atoms with Crippen LogP contribution in [0.1, 0.15) is 62.1 Å². The number of rotatable bonds is 10. The molecule has 1 fully saturated rings. The Bertz CT molecular complexity index is 1190. The van der Waals surface area contributed by atoms with E-state index >= 15 is 0 Å². The second-order valence-electron chi connectivity index (χ2n) is 9.93. The summed E-state index contributed by atoms with van der Waals surface area (Å²) in [5, 5.41) is 13.6. The molecule has 2 atom stereocenters. The Morgan fingerprint density at radius 3 is 2.50 bits per heavy atom. The van der Waals surface area contributed by atoms with Gasteiger partial charge in [-0.1, -0.05) is 55.8 Å². The number of nitrogens with zero attached hydrogens (tertiary/aromatic N) is 2. The van der Waals surface area contributed by atoms with E-state index in [1.165, 1.54) is 19.3 Å².